The van der Waals surface area contributed by atoms with Crippen LogP contribution < -0.4 is 4.90 Å². The third-order valence-electron chi connectivity index (χ3n) is 3.53. The molecule has 0 amide bonds. The molecule has 2 atom stereocenters. The molecule has 0 aliphatic carbocycles. The van der Waals surface area contributed by atoms with Crippen molar-refractivity contribution in [2.75, 3.05) is 32.1 Å². The van der Waals surface area contributed by atoms with E-state index in [4.69, 9.17) is 0 Å². The molecule has 0 saturated carbocycles. The molecule has 19 heavy (non-hydrogen) atoms. The maximum atomic E-state index is 13.7. The molecule has 106 valence electrons. The lowest BCUT2D eigenvalue weighted by atomic mass is 10.1. The van der Waals surface area contributed by atoms with E-state index in [-0.39, 0.29) is 12.0 Å². The second kappa shape index (κ2) is 4.96. The van der Waals surface area contributed by atoms with Gasteiger partial charge in [0, 0.05) is 19.1 Å². The van der Waals surface area contributed by atoms with Crippen molar-refractivity contribution in [3.63, 3.8) is 0 Å². The van der Waals surface area contributed by atoms with Crippen molar-refractivity contribution in [3.05, 3.63) is 23.5 Å². The van der Waals surface area contributed by atoms with E-state index in [2.05, 4.69) is 4.98 Å². The fourth-order valence-electron chi connectivity index (χ4n) is 2.56. The summed E-state index contributed by atoms with van der Waals surface area (Å²) in [6.07, 6.45) is 0. The maximum absolute atomic E-state index is 13.7. The standard InChI is InChI=1S/C12H15F4N3/c1-6-4-19(5-7(6)18(2)3)10-8(13)11(15)17-12(16)9(10)14/h6-7H,4-5H2,1-3H3. The Morgan fingerprint density at radius 3 is 2.00 bits per heavy atom. The molecular weight excluding hydrogens is 262 g/mol. The van der Waals surface area contributed by atoms with Gasteiger partial charge in [0.1, 0.15) is 5.69 Å². The van der Waals surface area contributed by atoms with Crippen LogP contribution in [0.1, 0.15) is 6.92 Å². The summed E-state index contributed by atoms with van der Waals surface area (Å²) >= 11 is 0. The third-order valence-corrected chi connectivity index (χ3v) is 3.53. The second-order valence-electron chi connectivity index (χ2n) is 5.08. The first kappa shape index (κ1) is 14.0. The monoisotopic (exact) mass is 277 g/mol. The van der Waals surface area contributed by atoms with Crippen molar-refractivity contribution in [3.8, 4) is 0 Å². The average molecular weight is 277 g/mol. The molecule has 0 aromatic carbocycles. The lowest BCUT2D eigenvalue weighted by Gasteiger charge is -2.23. The number of hydrogen-bond acceptors (Lipinski definition) is 3. The molecule has 1 aliphatic heterocycles. The van der Waals surface area contributed by atoms with Gasteiger partial charge in [0.05, 0.1) is 0 Å². The average Bonchev–Trinajstić information content (AvgIpc) is 2.69. The van der Waals surface area contributed by atoms with Crippen molar-refractivity contribution in [1.82, 2.24) is 9.88 Å². The number of nitrogens with zero attached hydrogens (tertiary/aromatic N) is 3. The van der Waals surface area contributed by atoms with Crippen LogP contribution in [0.25, 0.3) is 0 Å². The van der Waals surface area contributed by atoms with Crippen LogP contribution in [-0.2, 0) is 0 Å². The minimum atomic E-state index is -1.62. The normalized spacial score (nSPS) is 23.5. The van der Waals surface area contributed by atoms with Crippen LogP contribution in [0, 0.1) is 29.4 Å². The lowest BCUT2D eigenvalue weighted by Crippen LogP contribution is -2.34. The Hall–Kier alpha value is -1.37. The molecule has 1 fully saturated rings. The Kier molecular flexibility index (Phi) is 3.66. The molecule has 0 bridgehead atoms. The molecule has 2 heterocycles. The predicted molar refractivity (Wildman–Crippen MR) is 62.9 cm³/mol. The highest BCUT2D eigenvalue weighted by Crippen LogP contribution is 2.31. The van der Waals surface area contributed by atoms with Crippen LogP contribution in [0.5, 0.6) is 0 Å². The molecule has 2 rings (SSSR count). The minimum Gasteiger partial charge on any atom is -0.365 e. The molecule has 7 heteroatoms. The summed E-state index contributed by atoms with van der Waals surface area (Å²) in [7, 11) is 3.70. The van der Waals surface area contributed by atoms with Crippen LogP contribution in [0.4, 0.5) is 23.2 Å². The van der Waals surface area contributed by atoms with Crippen molar-refractivity contribution < 1.29 is 17.6 Å². The number of pyridine rings is 1. The van der Waals surface area contributed by atoms with Crippen LogP contribution in [-0.4, -0.2) is 43.1 Å². The van der Waals surface area contributed by atoms with Gasteiger partial charge in [-0.25, -0.2) is 0 Å². The summed E-state index contributed by atoms with van der Waals surface area (Å²) in [6.45, 7) is 2.57. The fraction of sp³-hybridized carbons (Fsp3) is 0.583. The van der Waals surface area contributed by atoms with Crippen molar-refractivity contribution in [2.45, 2.75) is 13.0 Å². The van der Waals surface area contributed by atoms with E-state index < -0.39 is 29.2 Å². The molecule has 2 unspecified atom stereocenters. The van der Waals surface area contributed by atoms with Crippen LogP contribution in [0.2, 0.25) is 0 Å². The highest BCUT2D eigenvalue weighted by Gasteiger charge is 2.35. The van der Waals surface area contributed by atoms with Crippen LogP contribution >= 0.6 is 0 Å². The van der Waals surface area contributed by atoms with Gasteiger partial charge >= 0.3 is 0 Å². The third kappa shape index (κ3) is 2.39. The van der Waals surface area contributed by atoms with E-state index in [0.717, 1.165) is 0 Å². The largest absolute Gasteiger partial charge is 0.365 e. The Balaban J connectivity index is 2.39. The topological polar surface area (TPSA) is 19.4 Å². The first-order chi connectivity index (χ1) is 8.82. The van der Waals surface area contributed by atoms with Gasteiger partial charge in [-0.2, -0.15) is 22.5 Å². The van der Waals surface area contributed by atoms with Gasteiger partial charge in [0.25, 0.3) is 11.9 Å². The number of aromatic nitrogens is 1. The Labute approximate surface area is 108 Å². The SMILES string of the molecule is CC1CN(c2c(F)c(F)nc(F)c2F)CC1N(C)C. The number of anilines is 1. The molecule has 0 N–H and O–H groups in total. The first-order valence-corrected chi connectivity index (χ1v) is 5.94. The molecule has 1 aromatic rings. The van der Waals surface area contributed by atoms with E-state index in [1.807, 2.05) is 25.9 Å². The maximum Gasteiger partial charge on any atom is 0.253 e. The molecular formula is C12H15F4N3. The summed E-state index contributed by atoms with van der Waals surface area (Å²) in [6, 6.07) is 0.0677. The zero-order valence-electron chi connectivity index (χ0n) is 10.9. The lowest BCUT2D eigenvalue weighted by molar-refractivity contribution is 0.266. The summed E-state index contributed by atoms with van der Waals surface area (Å²) in [5.74, 6) is -5.98. The second-order valence-corrected chi connectivity index (χ2v) is 5.08. The van der Waals surface area contributed by atoms with Gasteiger partial charge < -0.3 is 9.80 Å². The minimum absolute atomic E-state index is 0.0677. The van der Waals surface area contributed by atoms with Crippen molar-refractivity contribution in [1.29, 1.82) is 0 Å². The zero-order chi connectivity index (χ0) is 14.3. The Morgan fingerprint density at radius 2 is 1.58 bits per heavy atom. The number of likely N-dealkylation sites (N-methyl/N-ethyl adjacent to an activating group) is 1. The first-order valence-electron chi connectivity index (χ1n) is 5.94. The molecule has 1 saturated heterocycles. The van der Waals surface area contributed by atoms with E-state index in [1.54, 1.807) is 0 Å². The Morgan fingerprint density at radius 1 is 1.05 bits per heavy atom. The number of rotatable bonds is 2. The highest BCUT2D eigenvalue weighted by molar-refractivity contribution is 5.50. The van der Waals surface area contributed by atoms with Crippen LogP contribution in [0.3, 0.4) is 0 Å². The quantitative estimate of drug-likeness (QED) is 0.609. The predicted octanol–water partition coefficient (Wildman–Crippen LogP) is 2.02. The van der Waals surface area contributed by atoms with Gasteiger partial charge in [-0.1, -0.05) is 6.92 Å². The molecule has 0 spiro atoms. The van der Waals surface area contributed by atoms with Crippen molar-refractivity contribution >= 4 is 5.69 Å². The smallest absolute Gasteiger partial charge is 0.253 e. The summed E-state index contributed by atoms with van der Waals surface area (Å²) in [5, 5.41) is 0. The van der Waals surface area contributed by atoms with E-state index in [9.17, 15) is 17.6 Å². The number of hydrogen-bond donors (Lipinski definition) is 0. The molecule has 1 aliphatic rings. The molecule has 3 nitrogen and oxygen atoms in total. The van der Waals surface area contributed by atoms with E-state index in [1.165, 1.54) is 4.90 Å². The van der Waals surface area contributed by atoms with Gasteiger partial charge in [-0.05, 0) is 20.0 Å². The fourth-order valence-corrected chi connectivity index (χ4v) is 2.56. The molecule has 1 aromatic heterocycles. The van der Waals surface area contributed by atoms with E-state index in [0.29, 0.717) is 13.1 Å². The van der Waals surface area contributed by atoms with Crippen molar-refractivity contribution in [2.24, 2.45) is 5.92 Å². The van der Waals surface area contributed by atoms with E-state index >= 15 is 0 Å². The number of halogens is 4. The zero-order valence-corrected chi connectivity index (χ0v) is 10.9. The summed E-state index contributed by atoms with van der Waals surface area (Å²) in [5.41, 5.74) is -0.666. The van der Waals surface area contributed by atoms with Gasteiger partial charge in [0.2, 0.25) is 11.6 Å². The summed E-state index contributed by atoms with van der Waals surface area (Å²) < 4.78 is 53.5. The highest BCUT2D eigenvalue weighted by atomic mass is 19.2. The van der Waals surface area contributed by atoms with Gasteiger partial charge in [-0.3, -0.25) is 0 Å². The molecule has 0 radical (unpaired) electrons. The van der Waals surface area contributed by atoms with Crippen LogP contribution in [0.15, 0.2) is 0 Å². The Bertz CT molecular complexity index is 466. The van der Waals surface area contributed by atoms with Gasteiger partial charge in [0.15, 0.2) is 0 Å². The van der Waals surface area contributed by atoms with Gasteiger partial charge in [-0.15, -0.1) is 0 Å². The summed E-state index contributed by atoms with van der Waals surface area (Å²) in [4.78, 5) is 5.81.